The van der Waals surface area contributed by atoms with Gasteiger partial charge in [-0.3, -0.25) is 4.79 Å². The standard InChI is InChI=1S/C13H26N2O2/c1-13(2,3)17-10-12(16)15-7-5-6-11(9-15)8-14-4/h11,14H,5-10H2,1-4H3. The maximum atomic E-state index is 12.0. The molecule has 1 aliphatic heterocycles. The van der Waals surface area contributed by atoms with Gasteiger partial charge >= 0.3 is 0 Å². The van der Waals surface area contributed by atoms with Crippen LogP contribution in [0.5, 0.6) is 0 Å². The van der Waals surface area contributed by atoms with Gasteiger partial charge < -0.3 is 15.0 Å². The van der Waals surface area contributed by atoms with Gasteiger partial charge in [0.2, 0.25) is 5.91 Å². The van der Waals surface area contributed by atoms with Crippen molar-refractivity contribution in [2.45, 2.75) is 39.2 Å². The first-order chi connectivity index (χ1) is 7.92. The summed E-state index contributed by atoms with van der Waals surface area (Å²) in [6, 6.07) is 0. The summed E-state index contributed by atoms with van der Waals surface area (Å²) in [5, 5.41) is 3.18. The highest BCUT2D eigenvalue weighted by molar-refractivity contribution is 5.77. The third kappa shape index (κ3) is 5.50. The number of hydrogen-bond donors (Lipinski definition) is 1. The molecule has 0 bridgehead atoms. The van der Waals surface area contributed by atoms with Crippen molar-refractivity contribution in [1.29, 1.82) is 0 Å². The van der Waals surface area contributed by atoms with E-state index in [1.54, 1.807) is 0 Å². The molecule has 0 aromatic rings. The van der Waals surface area contributed by atoms with Gasteiger partial charge in [0.05, 0.1) is 5.60 Å². The lowest BCUT2D eigenvalue weighted by molar-refractivity contribution is -0.142. The van der Waals surface area contributed by atoms with E-state index in [0.29, 0.717) is 5.92 Å². The Morgan fingerprint density at radius 2 is 2.18 bits per heavy atom. The zero-order chi connectivity index (χ0) is 12.9. The number of carbonyl (C=O) groups is 1. The van der Waals surface area contributed by atoms with Crippen LogP contribution >= 0.6 is 0 Å². The zero-order valence-electron chi connectivity index (χ0n) is 11.6. The van der Waals surface area contributed by atoms with Crippen molar-refractivity contribution in [2.24, 2.45) is 5.92 Å². The summed E-state index contributed by atoms with van der Waals surface area (Å²) in [7, 11) is 1.96. The molecular formula is C13H26N2O2. The smallest absolute Gasteiger partial charge is 0.248 e. The largest absolute Gasteiger partial charge is 0.366 e. The number of ether oxygens (including phenoxy) is 1. The fourth-order valence-corrected chi connectivity index (χ4v) is 2.12. The summed E-state index contributed by atoms with van der Waals surface area (Å²) in [4.78, 5) is 13.9. The van der Waals surface area contributed by atoms with Crippen LogP contribution in [0, 0.1) is 5.92 Å². The van der Waals surface area contributed by atoms with Gasteiger partial charge in [0, 0.05) is 13.1 Å². The van der Waals surface area contributed by atoms with E-state index >= 15 is 0 Å². The van der Waals surface area contributed by atoms with Gasteiger partial charge in [-0.25, -0.2) is 0 Å². The molecule has 17 heavy (non-hydrogen) atoms. The van der Waals surface area contributed by atoms with E-state index in [4.69, 9.17) is 4.74 Å². The van der Waals surface area contributed by atoms with Crippen molar-refractivity contribution in [3.63, 3.8) is 0 Å². The van der Waals surface area contributed by atoms with Gasteiger partial charge in [-0.2, -0.15) is 0 Å². The summed E-state index contributed by atoms with van der Waals surface area (Å²) < 4.78 is 5.53. The number of nitrogens with zero attached hydrogens (tertiary/aromatic N) is 1. The number of carbonyl (C=O) groups excluding carboxylic acids is 1. The van der Waals surface area contributed by atoms with E-state index in [0.717, 1.165) is 26.1 Å². The van der Waals surface area contributed by atoms with Gasteiger partial charge in [-0.05, 0) is 53.1 Å². The number of hydrogen-bond acceptors (Lipinski definition) is 3. The van der Waals surface area contributed by atoms with E-state index in [1.807, 2.05) is 32.7 Å². The lowest BCUT2D eigenvalue weighted by Crippen LogP contribution is -2.44. The molecule has 0 aliphatic carbocycles. The van der Waals surface area contributed by atoms with Crippen LogP contribution in [-0.4, -0.2) is 49.7 Å². The van der Waals surface area contributed by atoms with Crippen molar-refractivity contribution in [2.75, 3.05) is 33.3 Å². The molecular weight excluding hydrogens is 216 g/mol. The molecule has 0 aromatic heterocycles. The number of nitrogens with one attached hydrogen (secondary N) is 1. The lowest BCUT2D eigenvalue weighted by Gasteiger charge is -2.33. The van der Waals surface area contributed by atoms with Crippen LogP contribution in [0.1, 0.15) is 33.6 Å². The summed E-state index contributed by atoms with van der Waals surface area (Å²) in [5.41, 5.74) is -0.240. The Hall–Kier alpha value is -0.610. The molecule has 1 N–H and O–H groups in total. The minimum Gasteiger partial charge on any atom is -0.366 e. The number of rotatable bonds is 4. The predicted octanol–water partition coefficient (Wildman–Crippen LogP) is 1.26. The molecule has 1 aliphatic rings. The van der Waals surface area contributed by atoms with E-state index in [-0.39, 0.29) is 18.1 Å². The molecule has 4 heteroatoms. The molecule has 0 radical (unpaired) electrons. The molecule has 100 valence electrons. The number of piperidine rings is 1. The Kier molecular flexibility index (Phi) is 5.40. The molecule has 0 aromatic carbocycles. The van der Waals surface area contributed by atoms with Crippen molar-refractivity contribution in [3.05, 3.63) is 0 Å². The quantitative estimate of drug-likeness (QED) is 0.807. The van der Waals surface area contributed by atoms with Crippen molar-refractivity contribution >= 4 is 5.91 Å². The summed E-state index contributed by atoms with van der Waals surface area (Å²) >= 11 is 0. The summed E-state index contributed by atoms with van der Waals surface area (Å²) in [6.07, 6.45) is 2.32. The van der Waals surface area contributed by atoms with Gasteiger partial charge in [0.25, 0.3) is 0 Å². The molecule has 0 saturated carbocycles. The SMILES string of the molecule is CNCC1CCCN(C(=O)COC(C)(C)C)C1. The predicted molar refractivity (Wildman–Crippen MR) is 68.9 cm³/mol. The first kappa shape index (κ1) is 14.5. The van der Waals surface area contributed by atoms with Crippen LogP contribution < -0.4 is 5.32 Å². The number of amides is 1. The normalized spacial score (nSPS) is 21.6. The minimum atomic E-state index is -0.240. The second-order valence-corrected chi connectivity index (χ2v) is 5.81. The number of likely N-dealkylation sites (tertiary alicyclic amines) is 1. The summed E-state index contributed by atoms with van der Waals surface area (Å²) in [5.74, 6) is 0.716. The van der Waals surface area contributed by atoms with Gasteiger partial charge in [0.1, 0.15) is 6.61 Å². The molecule has 1 saturated heterocycles. The molecule has 1 heterocycles. The van der Waals surface area contributed by atoms with Crippen LogP contribution in [0.15, 0.2) is 0 Å². The third-order valence-electron chi connectivity index (χ3n) is 2.99. The molecule has 4 nitrogen and oxygen atoms in total. The van der Waals surface area contributed by atoms with Crippen LogP contribution in [0.3, 0.4) is 0 Å². The fraction of sp³-hybridized carbons (Fsp3) is 0.923. The second kappa shape index (κ2) is 6.36. The second-order valence-electron chi connectivity index (χ2n) is 5.81. The average molecular weight is 242 g/mol. The molecule has 0 spiro atoms. The van der Waals surface area contributed by atoms with Crippen LogP contribution in [0.2, 0.25) is 0 Å². The monoisotopic (exact) mass is 242 g/mol. The van der Waals surface area contributed by atoms with Crippen LogP contribution in [0.4, 0.5) is 0 Å². The van der Waals surface area contributed by atoms with E-state index in [9.17, 15) is 4.79 Å². The Morgan fingerprint density at radius 1 is 1.47 bits per heavy atom. The fourth-order valence-electron chi connectivity index (χ4n) is 2.12. The Bertz CT molecular complexity index is 246. The van der Waals surface area contributed by atoms with E-state index in [1.165, 1.54) is 6.42 Å². The Morgan fingerprint density at radius 3 is 2.76 bits per heavy atom. The lowest BCUT2D eigenvalue weighted by atomic mass is 9.98. The first-order valence-electron chi connectivity index (χ1n) is 6.48. The zero-order valence-corrected chi connectivity index (χ0v) is 11.6. The van der Waals surface area contributed by atoms with Gasteiger partial charge in [-0.1, -0.05) is 0 Å². The first-order valence-corrected chi connectivity index (χ1v) is 6.48. The van der Waals surface area contributed by atoms with Gasteiger partial charge in [0.15, 0.2) is 0 Å². The highest BCUT2D eigenvalue weighted by Gasteiger charge is 2.24. The van der Waals surface area contributed by atoms with Crippen LogP contribution in [-0.2, 0) is 9.53 Å². The van der Waals surface area contributed by atoms with Crippen molar-refractivity contribution in [3.8, 4) is 0 Å². The van der Waals surface area contributed by atoms with Crippen molar-refractivity contribution in [1.82, 2.24) is 10.2 Å². The maximum Gasteiger partial charge on any atom is 0.248 e. The average Bonchev–Trinajstić information content (AvgIpc) is 2.26. The summed E-state index contributed by atoms with van der Waals surface area (Å²) in [6.45, 7) is 8.86. The molecule has 1 amide bonds. The maximum absolute atomic E-state index is 12.0. The molecule has 1 unspecified atom stereocenters. The topological polar surface area (TPSA) is 41.6 Å². The Labute approximate surface area is 105 Å². The highest BCUT2D eigenvalue weighted by Crippen LogP contribution is 2.16. The Balaban J connectivity index is 2.36. The van der Waals surface area contributed by atoms with Gasteiger partial charge in [-0.15, -0.1) is 0 Å². The minimum absolute atomic E-state index is 0.126. The third-order valence-corrected chi connectivity index (χ3v) is 2.99. The molecule has 1 atom stereocenters. The van der Waals surface area contributed by atoms with Crippen molar-refractivity contribution < 1.29 is 9.53 Å². The van der Waals surface area contributed by atoms with Crippen LogP contribution in [0.25, 0.3) is 0 Å². The van der Waals surface area contributed by atoms with E-state index in [2.05, 4.69) is 5.32 Å². The molecule has 1 fully saturated rings. The highest BCUT2D eigenvalue weighted by atomic mass is 16.5. The molecule has 1 rings (SSSR count). The van der Waals surface area contributed by atoms with E-state index < -0.39 is 0 Å².